The van der Waals surface area contributed by atoms with Crippen LogP contribution in [0.3, 0.4) is 0 Å². The number of nitrogens with zero attached hydrogens (tertiary/aromatic N) is 2. The summed E-state index contributed by atoms with van der Waals surface area (Å²) in [5.41, 5.74) is 1.52. The van der Waals surface area contributed by atoms with Crippen LogP contribution < -0.4 is 5.32 Å². The molecule has 21 heavy (non-hydrogen) atoms. The highest BCUT2D eigenvalue weighted by atomic mass is 16.5. The lowest BCUT2D eigenvalue weighted by Crippen LogP contribution is -2.24. The standard InChI is InChI=1S/C16H21N3O2/c20-16(13-6-7-15-17-9-10-19(15)12-13)18-8-2-1-4-14-5-3-11-21-14/h6-7,9-10,12,14H,1-5,8,11H2,(H,18,20)/t14-/m0/s1. The molecular weight excluding hydrogens is 266 g/mol. The summed E-state index contributed by atoms with van der Waals surface area (Å²) >= 11 is 0. The molecule has 0 saturated carbocycles. The molecule has 2 aromatic heterocycles. The molecular formula is C16H21N3O2. The number of ether oxygens (including phenoxy) is 1. The number of aromatic nitrogens is 2. The highest BCUT2D eigenvalue weighted by molar-refractivity contribution is 5.94. The summed E-state index contributed by atoms with van der Waals surface area (Å²) in [6, 6.07) is 3.66. The molecule has 1 saturated heterocycles. The lowest BCUT2D eigenvalue weighted by molar-refractivity contribution is 0.0946. The molecule has 1 amide bonds. The van der Waals surface area contributed by atoms with Crippen LogP contribution in [0.1, 0.15) is 42.5 Å². The molecule has 1 aliphatic heterocycles. The molecule has 1 atom stereocenters. The Labute approximate surface area is 124 Å². The van der Waals surface area contributed by atoms with Gasteiger partial charge in [0.15, 0.2) is 0 Å². The number of imidazole rings is 1. The fourth-order valence-corrected chi connectivity index (χ4v) is 2.73. The van der Waals surface area contributed by atoms with Crippen LogP contribution in [0.15, 0.2) is 30.7 Å². The van der Waals surface area contributed by atoms with Crippen molar-refractivity contribution in [3.63, 3.8) is 0 Å². The Balaban J connectivity index is 1.41. The van der Waals surface area contributed by atoms with Crippen molar-refractivity contribution in [1.29, 1.82) is 0 Å². The zero-order valence-electron chi connectivity index (χ0n) is 12.1. The molecule has 0 aromatic carbocycles. The van der Waals surface area contributed by atoms with Crippen LogP contribution in [0, 0.1) is 0 Å². The summed E-state index contributed by atoms with van der Waals surface area (Å²) in [5.74, 6) is -0.0253. The molecule has 1 fully saturated rings. The third-order valence-corrected chi connectivity index (χ3v) is 3.91. The number of hydrogen-bond donors (Lipinski definition) is 1. The molecule has 3 rings (SSSR count). The van der Waals surface area contributed by atoms with Crippen molar-refractivity contribution in [2.45, 2.75) is 38.2 Å². The zero-order valence-corrected chi connectivity index (χ0v) is 12.1. The predicted molar refractivity (Wildman–Crippen MR) is 80.4 cm³/mol. The van der Waals surface area contributed by atoms with Crippen molar-refractivity contribution in [3.8, 4) is 0 Å². The first-order chi connectivity index (χ1) is 10.3. The number of pyridine rings is 1. The van der Waals surface area contributed by atoms with E-state index in [2.05, 4.69) is 10.3 Å². The molecule has 112 valence electrons. The number of rotatable bonds is 6. The van der Waals surface area contributed by atoms with E-state index >= 15 is 0 Å². The van der Waals surface area contributed by atoms with Gasteiger partial charge in [-0.3, -0.25) is 4.79 Å². The Morgan fingerprint density at radius 2 is 2.38 bits per heavy atom. The molecule has 0 radical (unpaired) electrons. The molecule has 5 heteroatoms. The highest BCUT2D eigenvalue weighted by Gasteiger charge is 2.14. The number of amides is 1. The van der Waals surface area contributed by atoms with Crippen LogP contribution in [0.4, 0.5) is 0 Å². The minimum atomic E-state index is -0.0253. The molecule has 1 N–H and O–H groups in total. The number of carbonyl (C=O) groups is 1. The third kappa shape index (κ3) is 3.61. The van der Waals surface area contributed by atoms with Gasteiger partial charge in [-0.2, -0.15) is 0 Å². The second-order valence-corrected chi connectivity index (χ2v) is 5.50. The average Bonchev–Trinajstić information content (AvgIpc) is 3.17. The van der Waals surface area contributed by atoms with E-state index in [-0.39, 0.29) is 5.91 Å². The monoisotopic (exact) mass is 287 g/mol. The summed E-state index contributed by atoms with van der Waals surface area (Å²) in [7, 11) is 0. The van der Waals surface area contributed by atoms with Crippen molar-refractivity contribution >= 4 is 11.6 Å². The first kappa shape index (κ1) is 14.1. The van der Waals surface area contributed by atoms with E-state index in [0.717, 1.165) is 31.5 Å². The van der Waals surface area contributed by atoms with Crippen molar-refractivity contribution in [2.24, 2.45) is 0 Å². The summed E-state index contributed by atoms with van der Waals surface area (Å²) in [6.07, 6.45) is 11.4. The quantitative estimate of drug-likeness (QED) is 0.830. The topological polar surface area (TPSA) is 55.6 Å². The van der Waals surface area contributed by atoms with Gasteiger partial charge in [0, 0.05) is 31.7 Å². The second kappa shape index (κ2) is 6.72. The van der Waals surface area contributed by atoms with Crippen LogP contribution in [0.2, 0.25) is 0 Å². The summed E-state index contributed by atoms with van der Waals surface area (Å²) in [6.45, 7) is 1.63. The van der Waals surface area contributed by atoms with Gasteiger partial charge in [0.1, 0.15) is 5.65 Å². The molecule has 1 aliphatic rings. The van der Waals surface area contributed by atoms with E-state index < -0.39 is 0 Å². The second-order valence-electron chi connectivity index (χ2n) is 5.50. The van der Waals surface area contributed by atoms with E-state index in [4.69, 9.17) is 4.74 Å². The van der Waals surface area contributed by atoms with Crippen LogP contribution in [-0.2, 0) is 4.74 Å². The van der Waals surface area contributed by atoms with Gasteiger partial charge in [0.25, 0.3) is 5.91 Å². The lowest BCUT2D eigenvalue weighted by Gasteiger charge is -2.09. The molecule has 3 heterocycles. The van der Waals surface area contributed by atoms with E-state index in [0.29, 0.717) is 18.2 Å². The molecule has 0 bridgehead atoms. The Morgan fingerprint density at radius 3 is 3.24 bits per heavy atom. The third-order valence-electron chi connectivity index (χ3n) is 3.91. The SMILES string of the molecule is O=C(NCCCC[C@H]1CCCO1)c1ccc2nccn2c1. The smallest absolute Gasteiger partial charge is 0.252 e. The van der Waals surface area contributed by atoms with Crippen LogP contribution in [-0.4, -0.2) is 34.5 Å². The first-order valence-corrected chi connectivity index (χ1v) is 7.65. The van der Waals surface area contributed by atoms with Gasteiger partial charge in [-0.05, 0) is 44.2 Å². The maximum Gasteiger partial charge on any atom is 0.252 e. The van der Waals surface area contributed by atoms with Gasteiger partial charge in [0.2, 0.25) is 0 Å². The number of carbonyl (C=O) groups excluding carboxylic acids is 1. The largest absolute Gasteiger partial charge is 0.378 e. The van der Waals surface area contributed by atoms with Gasteiger partial charge < -0.3 is 14.5 Å². The van der Waals surface area contributed by atoms with Gasteiger partial charge >= 0.3 is 0 Å². The van der Waals surface area contributed by atoms with E-state index in [9.17, 15) is 4.79 Å². The van der Waals surface area contributed by atoms with E-state index in [1.807, 2.05) is 28.9 Å². The summed E-state index contributed by atoms with van der Waals surface area (Å²) < 4.78 is 7.44. The van der Waals surface area contributed by atoms with Gasteiger partial charge in [-0.1, -0.05) is 0 Å². The molecule has 0 unspecified atom stereocenters. The van der Waals surface area contributed by atoms with Crippen molar-refractivity contribution in [1.82, 2.24) is 14.7 Å². The van der Waals surface area contributed by atoms with Gasteiger partial charge in [0.05, 0.1) is 11.7 Å². The van der Waals surface area contributed by atoms with Gasteiger partial charge in [-0.15, -0.1) is 0 Å². The summed E-state index contributed by atoms with van der Waals surface area (Å²) in [4.78, 5) is 16.2. The Hall–Kier alpha value is -1.88. The Kier molecular flexibility index (Phi) is 4.50. The van der Waals surface area contributed by atoms with Crippen LogP contribution in [0.25, 0.3) is 5.65 Å². The van der Waals surface area contributed by atoms with E-state index in [1.165, 1.54) is 12.8 Å². The fraction of sp³-hybridized carbons (Fsp3) is 0.500. The van der Waals surface area contributed by atoms with Crippen molar-refractivity contribution < 1.29 is 9.53 Å². The van der Waals surface area contributed by atoms with Crippen molar-refractivity contribution in [2.75, 3.05) is 13.2 Å². The van der Waals surface area contributed by atoms with Crippen LogP contribution >= 0.6 is 0 Å². The molecule has 0 spiro atoms. The molecule has 0 aliphatic carbocycles. The minimum absolute atomic E-state index is 0.0253. The number of nitrogens with one attached hydrogen (secondary N) is 1. The Bertz CT molecular complexity index is 602. The number of unbranched alkanes of at least 4 members (excludes halogenated alkanes) is 1. The van der Waals surface area contributed by atoms with Crippen molar-refractivity contribution in [3.05, 3.63) is 36.3 Å². The highest BCUT2D eigenvalue weighted by Crippen LogP contribution is 2.17. The minimum Gasteiger partial charge on any atom is -0.378 e. The maximum atomic E-state index is 12.1. The zero-order chi connectivity index (χ0) is 14.5. The molecule has 5 nitrogen and oxygen atoms in total. The summed E-state index contributed by atoms with van der Waals surface area (Å²) in [5, 5.41) is 2.97. The first-order valence-electron chi connectivity index (χ1n) is 7.65. The Morgan fingerprint density at radius 1 is 1.43 bits per heavy atom. The fourth-order valence-electron chi connectivity index (χ4n) is 2.73. The van der Waals surface area contributed by atoms with E-state index in [1.54, 1.807) is 6.20 Å². The molecule has 2 aromatic rings. The number of hydrogen-bond acceptors (Lipinski definition) is 3. The number of fused-ring (bicyclic) bond motifs is 1. The lowest BCUT2D eigenvalue weighted by atomic mass is 10.1. The predicted octanol–water partition coefficient (Wildman–Crippen LogP) is 2.41. The normalized spacial score (nSPS) is 18.2. The maximum absolute atomic E-state index is 12.1. The average molecular weight is 287 g/mol. The van der Waals surface area contributed by atoms with Gasteiger partial charge in [-0.25, -0.2) is 4.98 Å². The van der Waals surface area contributed by atoms with Crippen LogP contribution in [0.5, 0.6) is 0 Å².